The summed E-state index contributed by atoms with van der Waals surface area (Å²) in [7, 11) is 3.86. The van der Waals surface area contributed by atoms with Gasteiger partial charge in [0.25, 0.3) is 5.91 Å². The first-order valence-electron chi connectivity index (χ1n) is 6.76. The van der Waals surface area contributed by atoms with Crippen LogP contribution in [0.3, 0.4) is 0 Å². The first-order valence-corrected chi connectivity index (χ1v) is 6.76. The SMILES string of the molecule is CCCN(C(=O)c1cc(N)ccc1N(C)C)C(C)C. The molecule has 0 atom stereocenters. The van der Waals surface area contributed by atoms with Crippen LogP contribution in [-0.4, -0.2) is 37.5 Å². The van der Waals surface area contributed by atoms with E-state index in [1.54, 1.807) is 6.07 Å². The number of nitrogens with zero attached hydrogens (tertiary/aromatic N) is 2. The van der Waals surface area contributed by atoms with E-state index in [-0.39, 0.29) is 11.9 Å². The van der Waals surface area contributed by atoms with Crippen LogP contribution in [0.4, 0.5) is 11.4 Å². The maximum absolute atomic E-state index is 12.7. The molecule has 0 aliphatic rings. The van der Waals surface area contributed by atoms with E-state index in [2.05, 4.69) is 6.92 Å². The first-order chi connectivity index (χ1) is 8.88. The highest BCUT2D eigenvalue weighted by Crippen LogP contribution is 2.23. The van der Waals surface area contributed by atoms with Gasteiger partial charge in [0, 0.05) is 38.1 Å². The number of hydrogen-bond acceptors (Lipinski definition) is 3. The van der Waals surface area contributed by atoms with Crippen molar-refractivity contribution < 1.29 is 4.79 Å². The van der Waals surface area contributed by atoms with Gasteiger partial charge in [-0.3, -0.25) is 4.79 Å². The fraction of sp³-hybridized carbons (Fsp3) is 0.533. The average molecular weight is 263 g/mol. The highest BCUT2D eigenvalue weighted by atomic mass is 16.2. The van der Waals surface area contributed by atoms with Gasteiger partial charge in [-0.2, -0.15) is 0 Å². The van der Waals surface area contributed by atoms with Gasteiger partial charge in [-0.05, 0) is 38.5 Å². The van der Waals surface area contributed by atoms with Crippen LogP contribution in [0.15, 0.2) is 18.2 Å². The molecule has 1 aromatic rings. The number of benzene rings is 1. The Balaban J connectivity index is 3.19. The van der Waals surface area contributed by atoms with Gasteiger partial charge in [0.05, 0.1) is 5.56 Å². The van der Waals surface area contributed by atoms with Crippen LogP contribution in [0, 0.1) is 0 Å². The van der Waals surface area contributed by atoms with Crippen LogP contribution >= 0.6 is 0 Å². The lowest BCUT2D eigenvalue weighted by Crippen LogP contribution is -2.38. The third-order valence-corrected chi connectivity index (χ3v) is 3.08. The van der Waals surface area contributed by atoms with E-state index in [1.807, 2.05) is 49.9 Å². The smallest absolute Gasteiger partial charge is 0.256 e. The molecular weight excluding hydrogens is 238 g/mol. The van der Waals surface area contributed by atoms with Gasteiger partial charge in [-0.25, -0.2) is 0 Å². The van der Waals surface area contributed by atoms with E-state index in [1.165, 1.54) is 0 Å². The number of anilines is 2. The standard InChI is InChI=1S/C15H25N3O/c1-6-9-18(11(2)3)15(19)13-10-12(16)7-8-14(13)17(4)5/h7-8,10-11H,6,9,16H2,1-5H3. The van der Waals surface area contributed by atoms with Gasteiger partial charge < -0.3 is 15.5 Å². The van der Waals surface area contributed by atoms with Crippen LogP contribution < -0.4 is 10.6 Å². The number of hydrogen-bond donors (Lipinski definition) is 1. The molecule has 0 bridgehead atoms. The Labute approximate surface area is 116 Å². The highest BCUT2D eigenvalue weighted by Gasteiger charge is 2.21. The van der Waals surface area contributed by atoms with E-state index in [0.717, 1.165) is 18.7 Å². The third-order valence-electron chi connectivity index (χ3n) is 3.08. The molecule has 0 radical (unpaired) electrons. The lowest BCUT2D eigenvalue weighted by molar-refractivity contribution is 0.0706. The molecule has 0 saturated carbocycles. The molecule has 4 heteroatoms. The third kappa shape index (κ3) is 3.63. The van der Waals surface area contributed by atoms with Gasteiger partial charge in [-0.1, -0.05) is 6.92 Å². The van der Waals surface area contributed by atoms with Gasteiger partial charge in [0.1, 0.15) is 0 Å². The van der Waals surface area contributed by atoms with Crippen molar-refractivity contribution in [2.45, 2.75) is 33.2 Å². The Kier molecular flexibility index (Phi) is 5.21. The number of nitrogen functional groups attached to an aromatic ring is 1. The summed E-state index contributed by atoms with van der Waals surface area (Å²) in [6.45, 7) is 6.91. The normalized spacial score (nSPS) is 10.6. The molecule has 0 fully saturated rings. The summed E-state index contributed by atoms with van der Waals surface area (Å²) in [5.74, 6) is 0.0489. The molecule has 2 N–H and O–H groups in total. The second-order valence-corrected chi connectivity index (χ2v) is 5.26. The summed E-state index contributed by atoms with van der Waals surface area (Å²) in [4.78, 5) is 16.5. The highest BCUT2D eigenvalue weighted by molar-refractivity contribution is 6.00. The Bertz CT molecular complexity index is 441. The molecule has 106 valence electrons. The predicted octanol–water partition coefficient (Wildman–Crippen LogP) is 2.60. The number of rotatable bonds is 5. The zero-order chi connectivity index (χ0) is 14.6. The predicted molar refractivity (Wildman–Crippen MR) is 81.6 cm³/mol. The van der Waals surface area contributed by atoms with E-state index in [9.17, 15) is 4.79 Å². The van der Waals surface area contributed by atoms with Crippen LogP contribution in [0.1, 0.15) is 37.6 Å². The first kappa shape index (κ1) is 15.3. The topological polar surface area (TPSA) is 49.6 Å². The van der Waals surface area contributed by atoms with E-state index in [0.29, 0.717) is 11.3 Å². The van der Waals surface area contributed by atoms with E-state index in [4.69, 9.17) is 5.73 Å². The van der Waals surface area contributed by atoms with Crippen molar-refractivity contribution in [1.82, 2.24) is 4.90 Å². The van der Waals surface area contributed by atoms with E-state index >= 15 is 0 Å². The number of amides is 1. The molecule has 0 spiro atoms. The van der Waals surface area contributed by atoms with Crippen LogP contribution in [0.25, 0.3) is 0 Å². The fourth-order valence-corrected chi connectivity index (χ4v) is 2.10. The maximum Gasteiger partial charge on any atom is 0.256 e. The summed E-state index contributed by atoms with van der Waals surface area (Å²) in [5, 5.41) is 0. The summed E-state index contributed by atoms with van der Waals surface area (Å²) in [6.07, 6.45) is 0.948. The largest absolute Gasteiger partial charge is 0.399 e. The Morgan fingerprint density at radius 3 is 2.42 bits per heavy atom. The fourth-order valence-electron chi connectivity index (χ4n) is 2.10. The lowest BCUT2D eigenvalue weighted by atomic mass is 10.1. The average Bonchev–Trinajstić information content (AvgIpc) is 2.34. The molecule has 19 heavy (non-hydrogen) atoms. The van der Waals surface area contributed by atoms with Gasteiger partial charge in [0.15, 0.2) is 0 Å². The minimum Gasteiger partial charge on any atom is -0.399 e. The lowest BCUT2D eigenvalue weighted by Gasteiger charge is -2.28. The van der Waals surface area contributed by atoms with Crippen molar-refractivity contribution in [3.63, 3.8) is 0 Å². The summed E-state index contributed by atoms with van der Waals surface area (Å²) in [6, 6.07) is 5.67. The number of carbonyl (C=O) groups is 1. The van der Waals surface area contributed by atoms with Crippen LogP contribution in [-0.2, 0) is 0 Å². The quantitative estimate of drug-likeness (QED) is 0.831. The maximum atomic E-state index is 12.7. The van der Waals surface area contributed by atoms with Crippen molar-refractivity contribution >= 4 is 17.3 Å². The van der Waals surface area contributed by atoms with Crippen molar-refractivity contribution in [2.75, 3.05) is 31.3 Å². The number of nitrogens with two attached hydrogens (primary N) is 1. The Morgan fingerprint density at radius 1 is 1.32 bits per heavy atom. The molecule has 4 nitrogen and oxygen atoms in total. The van der Waals surface area contributed by atoms with Crippen LogP contribution in [0.5, 0.6) is 0 Å². The molecule has 0 aliphatic heterocycles. The number of carbonyl (C=O) groups excluding carboxylic acids is 1. The summed E-state index contributed by atoms with van der Waals surface area (Å²) in [5.41, 5.74) is 8.02. The van der Waals surface area contributed by atoms with Gasteiger partial charge >= 0.3 is 0 Å². The summed E-state index contributed by atoms with van der Waals surface area (Å²) < 4.78 is 0. The zero-order valence-corrected chi connectivity index (χ0v) is 12.6. The molecule has 1 aromatic carbocycles. The van der Waals surface area contributed by atoms with Gasteiger partial charge in [0.2, 0.25) is 0 Å². The minimum absolute atomic E-state index is 0.0489. The molecule has 1 rings (SSSR count). The van der Waals surface area contributed by atoms with Crippen molar-refractivity contribution in [2.24, 2.45) is 0 Å². The molecule has 0 saturated heterocycles. The monoisotopic (exact) mass is 263 g/mol. The Hall–Kier alpha value is -1.71. The summed E-state index contributed by atoms with van der Waals surface area (Å²) >= 11 is 0. The minimum atomic E-state index is 0.0489. The van der Waals surface area contributed by atoms with Gasteiger partial charge in [-0.15, -0.1) is 0 Å². The van der Waals surface area contributed by atoms with E-state index < -0.39 is 0 Å². The van der Waals surface area contributed by atoms with Crippen molar-refractivity contribution in [1.29, 1.82) is 0 Å². The molecular formula is C15H25N3O. The molecule has 0 aromatic heterocycles. The molecule has 1 amide bonds. The van der Waals surface area contributed by atoms with Crippen molar-refractivity contribution in [3.05, 3.63) is 23.8 Å². The molecule has 0 heterocycles. The second-order valence-electron chi connectivity index (χ2n) is 5.26. The molecule has 0 unspecified atom stereocenters. The second kappa shape index (κ2) is 6.45. The zero-order valence-electron chi connectivity index (χ0n) is 12.6. The van der Waals surface area contributed by atoms with Crippen LogP contribution in [0.2, 0.25) is 0 Å². The Morgan fingerprint density at radius 2 is 1.95 bits per heavy atom. The van der Waals surface area contributed by atoms with Crippen molar-refractivity contribution in [3.8, 4) is 0 Å². The molecule has 0 aliphatic carbocycles.